The van der Waals surface area contributed by atoms with Crippen molar-refractivity contribution in [1.82, 2.24) is 18.7 Å². The van der Waals surface area contributed by atoms with Crippen LogP contribution in [-0.2, 0) is 20.6 Å². The van der Waals surface area contributed by atoms with Crippen LogP contribution in [0.25, 0.3) is 11.2 Å². The highest BCUT2D eigenvalue weighted by Gasteiger charge is 2.26. The molecule has 2 heterocycles. The number of hydrogen-bond donors (Lipinski definition) is 1. The monoisotopic (exact) mass is 334 g/mol. The first-order chi connectivity index (χ1) is 11.3. The largest absolute Gasteiger partial charge is 0.390 e. The molecule has 0 aliphatic heterocycles. The normalized spacial score (nSPS) is 25.1. The summed E-state index contributed by atoms with van der Waals surface area (Å²) in [6, 6.07) is 0. The number of nitrogens with zero attached hydrogens (tertiary/aromatic N) is 4. The Morgan fingerprint density at radius 2 is 2.04 bits per heavy atom. The molecule has 24 heavy (non-hydrogen) atoms. The minimum Gasteiger partial charge on any atom is -0.390 e. The summed E-state index contributed by atoms with van der Waals surface area (Å²) in [5.74, 6) is 0.442. The Kier molecular flexibility index (Phi) is 4.38. The Bertz CT molecular complexity index is 859. The predicted molar refractivity (Wildman–Crippen MR) is 92.0 cm³/mol. The molecule has 3 rings (SSSR count). The van der Waals surface area contributed by atoms with Gasteiger partial charge < -0.3 is 9.67 Å². The summed E-state index contributed by atoms with van der Waals surface area (Å²) in [5, 5.41) is 10.2. The van der Waals surface area contributed by atoms with Crippen molar-refractivity contribution < 1.29 is 5.11 Å². The molecule has 0 amide bonds. The lowest BCUT2D eigenvalue weighted by atomic mass is 9.94. The Morgan fingerprint density at radius 1 is 1.29 bits per heavy atom. The van der Waals surface area contributed by atoms with Crippen LogP contribution in [0.4, 0.5) is 0 Å². The van der Waals surface area contributed by atoms with Gasteiger partial charge in [0, 0.05) is 20.6 Å². The van der Waals surface area contributed by atoms with Gasteiger partial charge in [-0.3, -0.25) is 13.9 Å². The lowest BCUT2D eigenvalue weighted by molar-refractivity contribution is 0.0431. The fraction of sp³-hybridized carbons (Fsp3) is 0.706. The minimum atomic E-state index is -0.574. The quantitative estimate of drug-likeness (QED) is 0.854. The van der Waals surface area contributed by atoms with Crippen LogP contribution in [-0.4, -0.2) is 29.4 Å². The van der Waals surface area contributed by atoms with Gasteiger partial charge in [-0.1, -0.05) is 12.8 Å². The van der Waals surface area contributed by atoms with Gasteiger partial charge in [-0.15, -0.1) is 0 Å². The van der Waals surface area contributed by atoms with Crippen molar-refractivity contribution >= 4 is 11.2 Å². The highest BCUT2D eigenvalue weighted by molar-refractivity contribution is 5.69. The number of imidazole rings is 1. The summed E-state index contributed by atoms with van der Waals surface area (Å²) in [7, 11) is 3.41. The summed E-state index contributed by atoms with van der Waals surface area (Å²) in [5.41, 5.74) is -0.272. The van der Waals surface area contributed by atoms with E-state index in [0.717, 1.165) is 38.5 Å². The molecule has 0 unspecified atom stereocenters. The van der Waals surface area contributed by atoms with Crippen LogP contribution in [0.15, 0.2) is 15.9 Å². The van der Waals surface area contributed by atoms with E-state index in [2.05, 4.69) is 4.98 Å². The average molecular weight is 334 g/mol. The van der Waals surface area contributed by atoms with Crippen molar-refractivity contribution in [1.29, 1.82) is 0 Å². The van der Waals surface area contributed by atoms with E-state index in [1.165, 1.54) is 9.13 Å². The van der Waals surface area contributed by atoms with Gasteiger partial charge in [-0.2, -0.15) is 0 Å². The Labute approximate surface area is 140 Å². The molecule has 2 aromatic rings. The molecule has 1 saturated carbocycles. The van der Waals surface area contributed by atoms with E-state index in [1.54, 1.807) is 25.0 Å². The third kappa shape index (κ3) is 3.05. The van der Waals surface area contributed by atoms with Crippen LogP contribution < -0.4 is 11.2 Å². The predicted octanol–water partition coefficient (Wildman–Crippen LogP) is 1.16. The maximum Gasteiger partial charge on any atom is 0.332 e. The molecule has 0 spiro atoms. The van der Waals surface area contributed by atoms with Crippen molar-refractivity contribution in [3.05, 3.63) is 27.2 Å². The zero-order chi connectivity index (χ0) is 17.5. The second-order valence-corrected chi connectivity index (χ2v) is 7.41. The molecular weight excluding hydrogens is 308 g/mol. The standard InChI is InChI=1S/C17H26N4O3/c1-17(24)8-4-5-12(6-9-17)7-10-21-15(22)13-14(18-11-19(13)2)20(3)16(21)23/h11-12,24H,4-10H2,1-3H3/t12-,17+/m1/s1. The van der Waals surface area contributed by atoms with E-state index in [4.69, 9.17) is 0 Å². The van der Waals surface area contributed by atoms with Crippen molar-refractivity contribution in [3.8, 4) is 0 Å². The first-order valence-electron chi connectivity index (χ1n) is 8.63. The summed E-state index contributed by atoms with van der Waals surface area (Å²) >= 11 is 0. The molecule has 1 fully saturated rings. The van der Waals surface area contributed by atoms with Gasteiger partial charge >= 0.3 is 5.69 Å². The minimum absolute atomic E-state index is 0.270. The molecule has 0 bridgehead atoms. The van der Waals surface area contributed by atoms with Gasteiger partial charge in [0.15, 0.2) is 11.2 Å². The maximum absolute atomic E-state index is 12.7. The summed E-state index contributed by atoms with van der Waals surface area (Å²) in [4.78, 5) is 29.3. The zero-order valence-electron chi connectivity index (χ0n) is 14.7. The Balaban J connectivity index is 1.84. The van der Waals surface area contributed by atoms with Crippen LogP contribution in [0.1, 0.15) is 45.4 Å². The maximum atomic E-state index is 12.7. The first-order valence-corrected chi connectivity index (χ1v) is 8.63. The van der Waals surface area contributed by atoms with Crippen LogP contribution in [0.2, 0.25) is 0 Å². The van der Waals surface area contributed by atoms with Crippen LogP contribution in [0.3, 0.4) is 0 Å². The van der Waals surface area contributed by atoms with Gasteiger partial charge in [-0.25, -0.2) is 9.78 Å². The number of aromatic nitrogens is 4. The van der Waals surface area contributed by atoms with Gasteiger partial charge in [0.05, 0.1) is 11.9 Å². The number of aliphatic hydroxyl groups is 1. The van der Waals surface area contributed by atoms with Crippen molar-refractivity contribution in [2.24, 2.45) is 20.0 Å². The second kappa shape index (κ2) is 6.20. The SMILES string of the molecule is Cn1cnc2c1c(=O)n(CC[C@@H]1CCC[C@](C)(O)CC1)c(=O)n2C. The average Bonchev–Trinajstić information content (AvgIpc) is 2.82. The van der Waals surface area contributed by atoms with Crippen LogP contribution in [0, 0.1) is 5.92 Å². The summed E-state index contributed by atoms with van der Waals surface area (Å²) < 4.78 is 4.43. The Morgan fingerprint density at radius 3 is 2.79 bits per heavy atom. The molecule has 0 aromatic carbocycles. The molecule has 0 saturated heterocycles. The summed E-state index contributed by atoms with van der Waals surface area (Å²) in [6.07, 6.45) is 6.93. The highest BCUT2D eigenvalue weighted by Crippen LogP contribution is 2.31. The smallest absolute Gasteiger partial charge is 0.332 e. The van der Waals surface area contributed by atoms with Gasteiger partial charge in [0.2, 0.25) is 0 Å². The van der Waals surface area contributed by atoms with Crippen LogP contribution in [0.5, 0.6) is 0 Å². The van der Waals surface area contributed by atoms with Gasteiger partial charge in [-0.05, 0) is 38.5 Å². The Hall–Kier alpha value is -1.89. The summed E-state index contributed by atoms with van der Waals surface area (Å²) in [6.45, 7) is 2.31. The molecule has 1 N–H and O–H groups in total. The fourth-order valence-electron chi connectivity index (χ4n) is 3.75. The van der Waals surface area contributed by atoms with Crippen molar-refractivity contribution in [2.75, 3.05) is 0 Å². The van der Waals surface area contributed by atoms with E-state index in [9.17, 15) is 14.7 Å². The molecule has 7 nitrogen and oxygen atoms in total. The molecule has 1 aliphatic carbocycles. The lowest BCUT2D eigenvalue weighted by Crippen LogP contribution is -2.40. The third-order valence-electron chi connectivity index (χ3n) is 5.38. The molecule has 2 aromatic heterocycles. The molecule has 1 aliphatic rings. The molecule has 7 heteroatoms. The second-order valence-electron chi connectivity index (χ2n) is 7.41. The number of aryl methyl sites for hydroxylation is 2. The lowest BCUT2D eigenvalue weighted by Gasteiger charge is -2.20. The van der Waals surface area contributed by atoms with Crippen LogP contribution >= 0.6 is 0 Å². The molecular formula is C17H26N4O3. The molecule has 0 radical (unpaired) electrons. The molecule has 132 valence electrons. The van der Waals surface area contributed by atoms with E-state index in [-0.39, 0.29) is 11.2 Å². The number of rotatable bonds is 3. The van der Waals surface area contributed by atoms with Crippen molar-refractivity contribution in [3.63, 3.8) is 0 Å². The molecule has 2 atom stereocenters. The van der Waals surface area contributed by atoms with Gasteiger partial charge in [0.25, 0.3) is 5.56 Å². The van der Waals surface area contributed by atoms with Gasteiger partial charge in [0.1, 0.15) is 0 Å². The zero-order valence-corrected chi connectivity index (χ0v) is 14.7. The van der Waals surface area contributed by atoms with E-state index >= 15 is 0 Å². The topological polar surface area (TPSA) is 82.1 Å². The van der Waals surface area contributed by atoms with E-state index < -0.39 is 5.60 Å². The van der Waals surface area contributed by atoms with E-state index in [0.29, 0.717) is 23.6 Å². The van der Waals surface area contributed by atoms with Crippen molar-refractivity contribution in [2.45, 2.75) is 57.6 Å². The fourth-order valence-corrected chi connectivity index (χ4v) is 3.75. The number of hydrogen-bond acceptors (Lipinski definition) is 4. The first kappa shape index (κ1) is 17.0. The highest BCUT2D eigenvalue weighted by atomic mass is 16.3. The number of fused-ring (bicyclic) bond motifs is 1. The third-order valence-corrected chi connectivity index (χ3v) is 5.38. The van der Waals surface area contributed by atoms with E-state index in [1.807, 2.05) is 6.92 Å².